The Morgan fingerprint density at radius 3 is 2.59 bits per heavy atom. The van der Waals surface area contributed by atoms with Gasteiger partial charge in [0.15, 0.2) is 0 Å². The van der Waals surface area contributed by atoms with Crippen molar-refractivity contribution in [2.45, 2.75) is 33.1 Å². The number of nitrogens with zero attached hydrogens (tertiary/aromatic N) is 4. The summed E-state index contributed by atoms with van der Waals surface area (Å²) in [6, 6.07) is 2.05. The number of aliphatic hydroxyl groups excluding tert-OH is 1. The Labute approximate surface area is 136 Å². The second-order valence-electron chi connectivity index (χ2n) is 5.96. The van der Waals surface area contributed by atoms with Crippen molar-refractivity contribution >= 4 is 23.1 Å². The predicted octanol–water partition coefficient (Wildman–Crippen LogP) is 3.32. The Balaban J connectivity index is 2.43. The fourth-order valence-electron chi connectivity index (χ4n) is 2.79. The number of hydrogen-bond donors (Lipinski definition) is 1. The minimum Gasteiger partial charge on any atom is -0.396 e. The van der Waals surface area contributed by atoms with Crippen molar-refractivity contribution in [2.75, 3.05) is 24.6 Å². The number of pyridine rings is 1. The van der Waals surface area contributed by atoms with E-state index in [9.17, 15) is 10.4 Å². The summed E-state index contributed by atoms with van der Waals surface area (Å²) < 4.78 is 0. The molecule has 0 unspecified atom stereocenters. The highest BCUT2D eigenvalue weighted by Crippen LogP contribution is 2.39. The van der Waals surface area contributed by atoms with Gasteiger partial charge in [-0.15, -0.1) is 0 Å². The van der Waals surface area contributed by atoms with Gasteiger partial charge in [0.25, 0.3) is 0 Å². The summed E-state index contributed by atoms with van der Waals surface area (Å²) in [6.07, 6.45) is 2.24. The Bertz CT molecular complexity index is 652. The van der Waals surface area contributed by atoms with Gasteiger partial charge in [-0.3, -0.25) is 0 Å². The number of piperidine rings is 1. The van der Waals surface area contributed by atoms with Gasteiger partial charge in [-0.05, 0) is 30.2 Å². The van der Waals surface area contributed by atoms with E-state index >= 15 is 0 Å². The molecule has 1 N–H and O–H groups in total. The molecular weight excluding hydrogens is 300 g/mol. The van der Waals surface area contributed by atoms with E-state index in [1.165, 1.54) is 0 Å². The summed E-state index contributed by atoms with van der Waals surface area (Å²) in [5, 5.41) is 18.9. The number of hydrogen-bond acceptors (Lipinski definition) is 4. The van der Waals surface area contributed by atoms with Crippen molar-refractivity contribution in [3.63, 3.8) is 0 Å². The molecule has 1 aromatic rings. The van der Waals surface area contributed by atoms with Crippen LogP contribution >= 0.6 is 11.6 Å². The first-order valence-corrected chi connectivity index (χ1v) is 7.73. The predicted molar refractivity (Wildman–Crippen MR) is 86.2 cm³/mol. The standard InChI is InChI=1S/C16H19ClN4O/c1-4-11-12(9-18)14(17)20-15(13(11)19-3)21-7-5-16(2,10-22)6-8-21/h22H,4-8,10H2,1-2H3. The molecule has 0 bridgehead atoms. The summed E-state index contributed by atoms with van der Waals surface area (Å²) in [7, 11) is 0. The van der Waals surface area contributed by atoms with Crippen molar-refractivity contribution in [2.24, 2.45) is 5.41 Å². The molecule has 5 nitrogen and oxygen atoms in total. The molecule has 22 heavy (non-hydrogen) atoms. The van der Waals surface area contributed by atoms with Crippen LogP contribution in [0.3, 0.4) is 0 Å². The van der Waals surface area contributed by atoms with E-state index in [2.05, 4.69) is 22.8 Å². The minimum absolute atomic E-state index is 0.0707. The zero-order chi connectivity index (χ0) is 16.3. The molecule has 2 rings (SSSR count). The third kappa shape index (κ3) is 2.88. The fourth-order valence-corrected chi connectivity index (χ4v) is 3.03. The first kappa shape index (κ1) is 16.5. The van der Waals surface area contributed by atoms with Crippen LogP contribution in [0.2, 0.25) is 5.15 Å². The van der Waals surface area contributed by atoms with E-state index in [1.807, 2.05) is 11.8 Å². The van der Waals surface area contributed by atoms with Crippen LogP contribution in [0.1, 0.15) is 37.8 Å². The van der Waals surface area contributed by atoms with Crippen molar-refractivity contribution in [3.8, 4) is 6.07 Å². The van der Waals surface area contributed by atoms with Crippen LogP contribution in [-0.4, -0.2) is 29.8 Å². The van der Waals surface area contributed by atoms with Gasteiger partial charge in [-0.1, -0.05) is 25.4 Å². The largest absolute Gasteiger partial charge is 0.396 e. The lowest BCUT2D eigenvalue weighted by Crippen LogP contribution is -2.40. The van der Waals surface area contributed by atoms with Gasteiger partial charge in [0, 0.05) is 19.7 Å². The van der Waals surface area contributed by atoms with Gasteiger partial charge in [0.2, 0.25) is 5.69 Å². The van der Waals surface area contributed by atoms with Gasteiger partial charge in [-0.25, -0.2) is 9.83 Å². The molecule has 0 aromatic carbocycles. The molecule has 116 valence electrons. The van der Waals surface area contributed by atoms with Gasteiger partial charge in [0.05, 0.1) is 12.1 Å². The highest BCUT2D eigenvalue weighted by atomic mass is 35.5. The quantitative estimate of drug-likeness (QED) is 0.686. The highest BCUT2D eigenvalue weighted by molar-refractivity contribution is 6.31. The van der Waals surface area contributed by atoms with Gasteiger partial charge in [0.1, 0.15) is 17.0 Å². The molecular formula is C16H19ClN4O. The van der Waals surface area contributed by atoms with Crippen molar-refractivity contribution in [1.82, 2.24) is 4.98 Å². The summed E-state index contributed by atoms with van der Waals surface area (Å²) in [5.74, 6) is 0.566. The van der Waals surface area contributed by atoms with Gasteiger partial charge in [-0.2, -0.15) is 5.26 Å². The number of halogens is 1. The third-order valence-electron chi connectivity index (χ3n) is 4.44. The summed E-state index contributed by atoms with van der Waals surface area (Å²) in [4.78, 5) is 9.96. The maximum atomic E-state index is 9.46. The first-order chi connectivity index (χ1) is 10.5. The fraction of sp³-hybridized carbons (Fsp3) is 0.562. The van der Waals surface area contributed by atoms with Crippen LogP contribution < -0.4 is 4.90 Å². The summed E-state index contributed by atoms with van der Waals surface area (Å²) in [6.45, 7) is 13.0. The van der Waals surface area contributed by atoms with Crippen LogP contribution in [0.25, 0.3) is 4.85 Å². The molecule has 1 aromatic heterocycles. The third-order valence-corrected chi connectivity index (χ3v) is 4.71. The molecule has 0 atom stereocenters. The summed E-state index contributed by atoms with van der Waals surface area (Å²) >= 11 is 6.14. The molecule has 2 heterocycles. The minimum atomic E-state index is -0.0707. The average molecular weight is 319 g/mol. The van der Waals surface area contributed by atoms with E-state index in [0.717, 1.165) is 25.9 Å². The smallest absolute Gasteiger partial charge is 0.232 e. The molecule has 1 aliphatic heterocycles. The monoisotopic (exact) mass is 318 g/mol. The maximum Gasteiger partial charge on any atom is 0.232 e. The van der Waals surface area contributed by atoms with E-state index in [0.29, 0.717) is 29.1 Å². The number of anilines is 1. The molecule has 6 heteroatoms. The molecule has 0 amide bonds. The lowest BCUT2D eigenvalue weighted by atomic mass is 9.81. The van der Waals surface area contributed by atoms with Crippen LogP contribution in [0.5, 0.6) is 0 Å². The van der Waals surface area contributed by atoms with Crippen LogP contribution in [-0.2, 0) is 6.42 Å². The SMILES string of the molecule is [C-]#[N+]c1c(N2CCC(C)(CO)CC2)nc(Cl)c(C#N)c1CC. The normalized spacial score (nSPS) is 16.9. The van der Waals surface area contributed by atoms with Crippen molar-refractivity contribution < 1.29 is 5.11 Å². The highest BCUT2D eigenvalue weighted by Gasteiger charge is 2.31. The van der Waals surface area contributed by atoms with E-state index < -0.39 is 0 Å². The molecule has 1 fully saturated rings. The molecule has 0 saturated carbocycles. The van der Waals surface area contributed by atoms with Gasteiger partial charge < -0.3 is 10.0 Å². The first-order valence-electron chi connectivity index (χ1n) is 7.35. The zero-order valence-corrected chi connectivity index (χ0v) is 13.6. The molecule has 1 aliphatic rings. The number of nitriles is 1. The van der Waals surface area contributed by atoms with Crippen LogP contribution in [0.15, 0.2) is 0 Å². The Morgan fingerprint density at radius 2 is 2.14 bits per heavy atom. The topological polar surface area (TPSA) is 64.5 Å². The Hall–Kier alpha value is -1.82. The lowest BCUT2D eigenvalue weighted by molar-refractivity contribution is 0.114. The molecule has 0 radical (unpaired) electrons. The van der Waals surface area contributed by atoms with Gasteiger partial charge >= 0.3 is 0 Å². The Kier molecular flexibility index (Phi) is 4.90. The lowest BCUT2D eigenvalue weighted by Gasteiger charge is -2.39. The second-order valence-corrected chi connectivity index (χ2v) is 6.32. The Morgan fingerprint density at radius 1 is 1.50 bits per heavy atom. The van der Waals surface area contributed by atoms with Crippen LogP contribution in [0, 0.1) is 23.3 Å². The molecule has 1 saturated heterocycles. The number of aliphatic hydroxyl groups is 1. The zero-order valence-electron chi connectivity index (χ0n) is 12.9. The average Bonchev–Trinajstić information content (AvgIpc) is 2.54. The van der Waals surface area contributed by atoms with E-state index in [1.54, 1.807) is 0 Å². The molecule has 0 aliphatic carbocycles. The maximum absolute atomic E-state index is 9.46. The van der Waals surface area contributed by atoms with Crippen LogP contribution in [0.4, 0.5) is 11.5 Å². The van der Waals surface area contributed by atoms with E-state index in [-0.39, 0.29) is 17.2 Å². The van der Waals surface area contributed by atoms with Crippen molar-refractivity contribution in [1.29, 1.82) is 5.26 Å². The summed E-state index contributed by atoms with van der Waals surface area (Å²) in [5.41, 5.74) is 1.33. The number of aromatic nitrogens is 1. The second kappa shape index (κ2) is 6.52. The van der Waals surface area contributed by atoms with E-state index in [4.69, 9.17) is 18.2 Å². The molecule has 0 spiro atoms. The number of rotatable bonds is 3. The van der Waals surface area contributed by atoms with Crippen molar-refractivity contribution in [3.05, 3.63) is 27.7 Å².